The van der Waals surface area contributed by atoms with Gasteiger partial charge in [-0.25, -0.2) is 0 Å². The highest BCUT2D eigenvalue weighted by molar-refractivity contribution is 6.31. The molecule has 5 rings (SSSR count). The number of aryl methyl sites for hydroxylation is 1. The molecule has 0 aliphatic carbocycles. The molecule has 0 saturated carbocycles. The van der Waals surface area contributed by atoms with Crippen LogP contribution in [0, 0.1) is 0 Å². The summed E-state index contributed by atoms with van der Waals surface area (Å²) in [6.45, 7) is 5.91. The lowest BCUT2D eigenvalue weighted by atomic mass is 9.94. The Balaban J connectivity index is 1.60. The molecular formula is C30H26ClNO5. The van der Waals surface area contributed by atoms with Gasteiger partial charge in [0.2, 0.25) is 5.78 Å². The van der Waals surface area contributed by atoms with E-state index in [1.165, 1.54) is 4.90 Å². The molecule has 1 atom stereocenters. The van der Waals surface area contributed by atoms with Gasteiger partial charge in [-0.05, 0) is 79.9 Å². The van der Waals surface area contributed by atoms with E-state index in [4.69, 9.17) is 20.8 Å². The van der Waals surface area contributed by atoms with Gasteiger partial charge in [-0.2, -0.15) is 0 Å². The maximum Gasteiger partial charge on any atom is 0.294 e. The number of halogens is 1. The molecule has 37 heavy (non-hydrogen) atoms. The van der Waals surface area contributed by atoms with Crippen LogP contribution in [0.5, 0.6) is 5.75 Å². The van der Waals surface area contributed by atoms with Gasteiger partial charge in [-0.15, -0.1) is 0 Å². The lowest BCUT2D eigenvalue weighted by Gasteiger charge is -2.27. The van der Waals surface area contributed by atoms with Crippen LogP contribution in [0.2, 0.25) is 5.02 Å². The molecule has 1 aromatic heterocycles. The van der Waals surface area contributed by atoms with Crippen molar-refractivity contribution in [2.75, 3.05) is 4.90 Å². The topological polar surface area (TPSA) is 80.0 Å². The van der Waals surface area contributed by atoms with Crippen LogP contribution in [0.4, 0.5) is 5.69 Å². The number of aliphatic hydroxyl groups is 1. The highest BCUT2D eigenvalue weighted by Crippen LogP contribution is 2.43. The van der Waals surface area contributed by atoms with Gasteiger partial charge < -0.3 is 14.3 Å². The first-order valence-electron chi connectivity index (χ1n) is 12.1. The lowest BCUT2D eigenvalue weighted by Crippen LogP contribution is -2.31. The third-order valence-corrected chi connectivity index (χ3v) is 6.58. The number of rotatable bonds is 7. The number of furan rings is 1. The van der Waals surface area contributed by atoms with E-state index in [0.29, 0.717) is 33.0 Å². The number of hydrogen-bond acceptors (Lipinski definition) is 5. The fourth-order valence-corrected chi connectivity index (χ4v) is 4.75. The number of fused-ring (bicyclic) bond motifs is 1. The highest BCUT2D eigenvalue weighted by atomic mass is 35.5. The number of amides is 1. The summed E-state index contributed by atoms with van der Waals surface area (Å²) in [7, 11) is 0. The maximum absolute atomic E-state index is 13.8. The van der Waals surface area contributed by atoms with Crippen LogP contribution < -0.4 is 9.64 Å². The molecule has 0 radical (unpaired) electrons. The Bertz CT molecular complexity index is 1520. The predicted octanol–water partition coefficient (Wildman–Crippen LogP) is 7.22. The van der Waals surface area contributed by atoms with Crippen LogP contribution in [0.3, 0.4) is 0 Å². The Morgan fingerprint density at radius 2 is 1.76 bits per heavy atom. The third kappa shape index (κ3) is 4.60. The van der Waals surface area contributed by atoms with Crippen molar-refractivity contribution >= 4 is 39.9 Å². The molecule has 6 nitrogen and oxygen atoms in total. The van der Waals surface area contributed by atoms with Gasteiger partial charge in [-0.3, -0.25) is 14.5 Å². The van der Waals surface area contributed by atoms with Crippen LogP contribution in [0.15, 0.2) is 88.5 Å². The zero-order valence-electron chi connectivity index (χ0n) is 20.7. The van der Waals surface area contributed by atoms with Crippen molar-refractivity contribution in [2.24, 2.45) is 0 Å². The Hall–Kier alpha value is -4.03. The molecule has 1 aliphatic heterocycles. The minimum Gasteiger partial charge on any atom is -0.503 e. The first kappa shape index (κ1) is 24.7. The summed E-state index contributed by atoms with van der Waals surface area (Å²) >= 11 is 6.09. The molecule has 1 N–H and O–H groups in total. The van der Waals surface area contributed by atoms with Gasteiger partial charge in [0.15, 0.2) is 11.5 Å². The van der Waals surface area contributed by atoms with E-state index in [2.05, 4.69) is 6.92 Å². The maximum atomic E-state index is 13.8. The van der Waals surface area contributed by atoms with Crippen LogP contribution in [0.25, 0.3) is 11.0 Å². The van der Waals surface area contributed by atoms with Crippen molar-refractivity contribution in [1.82, 2.24) is 0 Å². The molecule has 0 fully saturated rings. The normalized spacial score (nSPS) is 15.8. The molecule has 188 valence electrons. The number of ketones is 1. The fourth-order valence-electron chi connectivity index (χ4n) is 4.57. The number of anilines is 1. The minimum atomic E-state index is -0.848. The Morgan fingerprint density at radius 3 is 2.41 bits per heavy atom. The summed E-state index contributed by atoms with van der Waals surface area (Å²) < 4.78 is 11.5. The number of benzene rings is 3. The SMILES string of the molecule is CCc1ccc(C2C(C(=O)c3cc4cc(Cl)ccc4o3)=C(O)C(=O)N2c2ccc(OC(C)C)cc2)cc1. The predicted molar refractivity (Wildman–Crippen MR) is 143 cm³/mol. The standard InChI is InChI=1S/C30H26ClNO5/c1-4-18-5-7-19(8-6-18)27-26(28(33)25-16-20-15-21(31)9-14-24(20)37-25)29(34)30(35)32(27)22-10-12-23(13-11-22)36-17(2)3/h5-17,27,34H,4H2,1-3H3. The molecule has 7 heteroatoms. The van der Waals surface area contributed by atoms with E-state index in [-0.39, 0.29) is 17.4 Å². The quantitative estimate of drug-likeness (QED) is 0.263. The molecular weight excluding hydrogens is 490 g/mol. The Labute approximate surface area is 219 Å². The van der Waals surface area contributed by atoms with Gasteiger partial charge in [0.1, 0.15) is 11.3 Å². The Kier molecular flexibility index (Phi) is 6.52. The third-order valence-electron chi connectivity index (χ3n) is 6.35. The van der Waals surface area contributed by atoms with Gasteiger partial charge in [0, 0.05) is 16.1 Å². The molecule has 1 unspecified atom stereocenters. The summed E-state index contributed by atoms with van der Waals surface area (Å²) in [5.74, 6) is -1.15. The zero-order valence-corrected chi connectivity index (χ0v) is 21.5. The second-order valence-corrected chi connectivity index (χ2v) is 9.65. The van der Waals surface area contributed by atoms with Gasteiger partial charge >= 0.3 is 0 Å². The molecule has 0 saturated heterocycles. The van der Waals surface area contributed by atoms with Gasteiger partial charge in [0.25, 0.3) is 5.91 Å². The van der Waals surface area contributed by atoms with Gasteiger partial charge in [-0.1, -0.05) is 42.8 Å². The van der Waals surface area contributed by atoms with Crippen LogP contribution >= 0.6 is 11.6 Å². The molecule has 3 aromatic carbocycles. The number of ether oxygens (including phenoxy) is 1. The molecule has 0 bridgehead atoms. The van der Waals surface area contributed by atoms with E-state index in [1.807, 2.05) is 38.1 Å². The van der Waals surface area contributed by atoms with E-state index in [9.17, 15) is 14.7 Å². The number of nitrogens with zero attached hydrogens (tertiary/aromatic N) is 1. The van der Waals surface area contributed by atoms with Crippen molar-refractivity contribution in [2.45, 2.75) is 39.3 Å². The average Bonchev–Trinajstić information content (AvgIpc) is 3.42. The van der Waals surface area contributed by atoms with Crippen molar-refractivity contribution in [3.63, 3.8) is 0 Å². The smallest absolute Gasteiger partial charge is 0.294 e. The number of carbonyl (C=O) groups excluding carboxylic acids is 2. The van der Waals surface area contributed by atoms with Crippen LogP contribution in [-0.4, -0.2) is 22.9 Å². The summed E-state index contributed by atoms with van der Waals surface area (Å²) in [6, 6.07) is 20.5. The summed E-state index contributed by atoms with van der Waals surface area (Å²) in [5, 5.41) is 12.2. The second-order valence-electron chi connectivity index (χ2n) is 9.22. The van der Waals surface area contributed by atoms with Crippen molar-refractivity contribution < 1.29 is 23.8 Å². The number of carbonyl (C=O) groups is 2. The zero-order chi connectivity index (χ0) is 26.3. The molecule has 2 heterocycles. The highest BCUT2D eigenvalue weighted by Gasteiger charge is 2.45. The number of aliphatic hydroxyl groups excluding tert-OH is 1. The van der Waals surface area contributed by atoms with Crippen LogP contribution in [-0.2, 0) is 11.2 Å². The lowest BCUT2D eigenvalue weighted by molar-refractivity contribution is -0.117. The van der Waals surface area contributed by atoms with Crippen molar-refractivity contribution in [1.29, 1.82) is 0 Å². The molecule has 1 aliphatic rings. The van der Waals surface area contributed by atoms with E-state index in [0.717, 1.165) is 12.0 Å². The average molecular weight is 516 g/mol. The Morgan fingerprint density at radius 1 is 1.05 bits per heavy atom. The van der Waals surface area contributed by atoms with E-state index < -0.39 is 23.5 Å². The fraction of sp³-hybridized carbons (Fsp3) is 0.200. The van der Waals surface area contributed by atoms with Crippen molar-refractivity contribution in [3.05, 3.63) is 106 Å². The summed E-state index contributed by atoms with van der Waals surface area (Å²) in [4.78, 5) is 28.6. The monoisotopic (exact) mass is 515 g/mol. The largest absolute Gasteiger partial charge is 0.503 e. The van der Waals surface area contributed by atoms with E-state index >= 15 is 0 Å². The van der Waals surface area contributed by atoms with E-state index in [1.54, 1.807) is 48.5 Å². The molecule has 0 spiro atoms. The summed E-state index contributed by atoms with van der Waals surface area (Å²) in [6.07, 6.45) is 0.844. The number of Topliss-reactive ketones (excluding diaryl/α,β-unsaturated/α-hetero) is 1. The van der Waals surface area contributed by atoms with Crippen molar-refractivity contribution in [3.8, 4) is 5.75 Å². The van der Waals surface area contributed by atoms with Crippen LogP contribution in [0.1, 0.15) is 48.5 Å². The first-order chi connectivity index (χ1) is 17.8. The summed E-state index contributed by atoms with van der Waals surface area (Å²) in [5.41, 5.74) is 2.78. The second kappa shape index (κ2) is 9.79. The van der Waals surface area contributed by atoms with Gasteiger partial charge in [0.05, 0.1) is 17.7 Å². The molecule has 1 amide bonds. The first-order valence-corrected chi connectivity index (χ1v) is 12.5. The molecule has 4 aromatic rings. The minimum absolute atomic E-state index is 0.00211. The number of hydrogen-bond donors (Lipinski definition) is 1.